The molecule has 0 heterocycles. The van der Waals surface area contributed by atoms with E-state index in [9.17, 15) is 23.3 Å². The van der Waals surface area contributed by atoms with Crippen LogP contribution in [-0.2, 0) is 21.2 Å². The Balaban J connectivity index is 1.37. The van der Waals surface area contributed by atoms with Gasteiger partial charge >= 0.3 is 0 Å². The van der Waals surface area contributed by atoms with Crippen LogP contribution in [0.2, 0.25) is 0 Å². The van der Waals surface area contributed by atoms with Gasteiger partial charge in [-0.1, -0.05) is 30.3 Å². The lowest BCUT2D eigenvalue weighted by Crippen LogP contribution is -2.17. The molecule has 4 rings (SSSR count). The van der Waals surface area contributed by atoms with E-state index < -0.39 is 20.6 Å². The molecule has 1 aliphatic carbocycles. The molecule has 164 valence electrons. The lowest BCUT2D eigenvalue weighted by molar-refractivity contribution is -0.384. The molecule has 9 nitrogen and oxygen atoms in total. The Morgan fingerprint density at radius 2 is 1.78 bits per heavy atom. The number of hydrogen-bond donors (Lipinski definition) is 3. The van der Waals surface area contributed by atoms with Crippen LogP contribution in [0.25, 0.3) is 11.1 Å². The molecule has 0 fully saturated rings. The van der Waals surface area contributed by atoms with Gasteiger partial charge in [-0.2, -0.15) is 0 Å². The third-order valence-electron chi connectivity index (χ3n) is 5.24. The summed E-state index contributed by atoms with van der Waals surface area (Å²) in [5.74, 6) is -0.253. The van der Waals surface area contributed by atoms with Crippen LogP contribution in [0.15, 0.2) is 65.6 Å². The van der Waals surface area contributed by atoms with Crippen molar-refractivity contribution in [2.45, 2.75) is 17.7 Å². The summed E-state index contributed by atoms with van der Waals surface area (Å²) in [6, 6.07) is 17.3. The number of nitrogens with zero attached hydrogens (tertiary/aromatic N) is 1. The van der Waals surface area contributed by atoms with Crippen molar-refractivity contribution >= 4 is 33.0 Å². The molecule has 0 aliphatic heterocycles. The van der Waals surface area contributed by atoms with Gasteiger partial charge in [-0.15, -0.1) is 0 Å². The van der Waals surface area contributed by atoms with E-state index in [1.165, 1.54) is 23.3 Å². The predicted octanol–water partition coefficient (Wildman–Crippen LogP) is 3.25. The molecular formula is C22H20N4O5S. The quantitative estimate of drug-likeness (QED) is 0.290. The number of benzene rings is 3. The van der Waals surface area contributed by atoms with E-state index in [2.05, 4.69) is 22.8 Å². The Morgan fingerprint density at radius 3 is 2.53 bits per heavy atom. The van der Waals surface area contributed by atoms with E-state index >= 15 is 0 Å². The topological polar surface area (TPSA) is 144 Å². The first-order valence-electron chi connectivity index (χ1n) is 9.78. The SMILES string of the molecule is NS(=O)(=O)c1ccc(NCCC(=O)Nc2ccc3c(c2)Cc2ccccc2-3)c([N+](=O)[O-])c1. The van der Waals surface area contributed by atoms with Crippen LogP contribution in [0.4, 0.5) is 17.1 Å². The van der Waals surface area contributed by atoms with Crippen molar-refractivity contribution in [3.8, 4) is 11.1 Å². The first-order valence-corrected chi connectivity index (χ1v) is 11.3. The normalized spacial score (nSPS) is 12.0. The summed E-state index contributed by atoms with van der Waals surface area (Å²) < 4.78 is 22.8. The average molecular weight is 452 g/mol. The minimum absolute atomic E-state index is 0.0609. The minimum atomic E-state index is -4.06. The van der Waals surface area contributed by atoms with Gasteiger partial charge in [0.15, 0.2) is 0 Å². The van der Waals surface area contributed by atoms with Gasteiger partial charge < -0.3 is 10.6 Å². The van der Waals surface area contributed by atoms with Crippen molar-refractivity contribution in [1.82, 2.24) is 0 Å². The van der Waals surface area contributed by atoms with Crippen LogP contribution in [0.3, 0.4) is 0 Å². The number of fused-ring (bicyclic) bond motifs is 3. The molecule has 0 bridgehead atoms. The molecule has 0 radical (unpaired) electrons. The molecule has 10 heteroatoms. The molecular weight excluding hydrogens is 432 g/mol. The standard InChI is InChI=1S/C22H20N4O5S/c23-32(30,31)17-6-8-20(21(13-17)26(28)29)24-10-9-22(27)25-16-5-7-19-15(12-16)11-14-3-1-2-4-18(14)19/h1-8,12-13,24H,9-11H2,(H,25,27)(H2,23,30,31). The zero-order valence-corrected chi connectivity index (χ0v) is 17.7. The zero-order valence-electron chi connectivity index (χ0n) is 16.9. The fourth-order valence-corrected chi connectivity index (χ4v) is 4.28. The van der Waals surface area contributed by atoms with Crippen molar-refractivity contribution in [3.05, 3.63) is 81.9 Å². The largest absolute Gasteiger partial charge is 0.379 e. The summed E-state index contributed by atoms with van der Waals surface area (Å²) in [5, 5.41) is 21.9. The van der Waals surface area contributed by atoms with E-state index in [1.54, 1.807) is 0 Å². The molecule has 4 N–H and O–H groups in total. The molecule has 0 saturated carbocycles. The van der Waals surface area contributed by atoms with Gasteiger partial charge in [-0.3, -0.25) is 14.9 Å². The number of hydrogen-bond acceptors (Lipinski definition) is 6. The fraction of sp³-hybridized carbons (Fsp3) is 0.136. The summed E-state index contributed by atoms with van der Waals surface area (Å²) in [6.07, 6.45) is 0.875. The summed E-state index contributed by atoms with van der Waals surface area (Å²) in [4.78, 5) is 22.5. The molecule has 3 aromatic carbocycles. The highest BCUT2D eigenvalue weighted by Gasteiger charge is 2.20. The predicted molar refractivity (Wildman–Crippen MR) is 121 cm³/mol. The van der Waals surface area contributed by atoms with E-state index in [4.69, 9.17) is 5.14 Å². The number of amides is 1. The second-order valence-electron chi connectivity index (χ2n) is 7.41. The molecule has 0 aromatic heterocycles. The second kappa shape index (κ2) is 8.40. The highest BCUT2D eigenvalue weighted by molar-refractivity contribution is 7.89. The lowest BCUT2D eigenvalue weighted by atomic mass is 10.1. The van der Waals surface area contributed by atoms with Crippen molar-refractivity contribution in [2.24, 2.45) is 5.14 Å². The maximum Gasteiger partial charge on any atom is 0.293 e. The molecule has 0 spiro atoms. The van der Waals surface area contributed by atoms with Gasteiger partial charge in [0.1, 0.15) is 5.69 Å². The highest BCUT2D eigenvalue weighted by atomic mass is 32.2. The van der Waals surface area contributed by atoms with Gasteiger partial charge in [-0.05, 0) is 52.9 Å². The van der Waals surface area contributed by atoms with E-state index in [1.807, 2.05) is 30.3 Å². The van der Waals surface area contributed by atoms with Crippen LogP contribution >= 0.6 is 0 Å². The van der Waals surface area contributed by atoms with E-state index in [0.717, 1.165) is 23.6 Å². The minimum Gasteiger partial charge on any atom is -0.379 e. The molecule has 1 amide bonds. The monoisotopic (exact) mass is 452 g/mol. The molecule has 0 atom stereocenters. The number of sulfonamides is 1. The van der Waals surface area contributed by atoms with Gasteiger partial charge in [0.05, 0.1) is 9.82 Å². The molecule has 0 unspecified atom stereocenters. The Kier molecular flexibility index (Phi) is 5.64. The van der Waals surface area contributed by atoms with Crippen LogP contribution < -0.4 is 15.8 Å². The van der Waals surface area contributed by atoms with Gasteiger partial charge in [0.2, 0.25) is 15.9 Å². The van der Waals surface area contributed by atoms with Crippen LogP contribution in [0.1, 0.15) is 17.5 Å². The van der Waals surface area contributed by atoms with Crippen LogP contribution in [-0.4, -0.2) is 25.8 Å². The Labute approximate surface area is 184 Å². The number of nitrogens with one attached hydrogen (secondary N) is 2. The average Bonchev–Trinajstić information content (AvgIpc) is 3.10. The highest BCUT2D eigenvalue weighted by Crippen LogP contribution is 2.37. The number of nitro benzene ring substituents is 1. The molecule has 32 heavy (non-hydrogen) atoms. The number of nitrogens with two attached hydrogens (primary N) is 1. The fourth-order valence-electron chi connectivity index (χ4n) is 3.75. The molecule has 3 aromatic rings. The van der Waals surface area contributed by atoms with Gasteiger partial charge in [0.25, 0.3) is 5.69 Å². The maximum atomic E-state index is 12.3. The third kappa shape index (κ3) is 4.46. The summed E-state index contributed by atoms with van der Waals surface area (Å²) in [7, 11) is -4.06. The molecule has 0 saturated heterocycles. The number of nitro groups is 1. The first-order chi connectivity index (χ1) is 15.2. The van der Waals surface area contributed by atoms with Crippen LogP contribution in [0.5, 0.6) is 0 Å². The number of carbonyl (C=O) groups excluding carboxylic acids is 1. The van der Waals surface area contributed by atoms with Crippen molar-refractivity contribution in [1.29, 1.82) is 0 Å². The van der Waals surface area contributed by atoms with Crippen LogP contribution in [0, 0.1) is 10.1 Å². The van der Waals surface area contributed by atoms with Crippen molar-refractivity contribution in [3.63, 3.8) is 0 Å². The number of rotatable bonds is 7. The van der Waals surface area contributed by atoms with Crippen molar-refractivity contribution < 1.29 is 18.1 Å². The third-order valence-corrected chi connectivity index (χ3v) is 6.15. The number of anilines is 2. The zero-order chi connectivity index (χ0) is 22.9. The number of carbonyl (C=O) groups is 1. The summed E-state index contributed by atoms with van der Waals surface area (Å²) in [5.41, 5.74) is 5.12. The second-order valence-corrected chi connectivity index (χ2v) is 8.97. The summed E-state index contributed by atoms with van der Waals surface area (Å²) >= 11 is 0. The lowest BCUT2D eigenvalue weighted by Gasteiger charge is -2.10. The Bertz CT molecular complexity index is 1340. The maximum absolute atomic E-state index is 12.3. The smallest absolute Gasteiger partial charge is 0.293 e. The van der Waals surface area contributed by atoms with Gasteiger partial charge in [0, 0.05) is 24.7 Å². The Hall–Kier alpha value is -3.76. The van der Waals surface area contributed by atoms with Crippen molar-refractivity contribution in [2.75, 3.05) is 17.2 Å². The van der Waals surface area contributed by atoms with E-state index in [0.29, 0.717) is 5.69 Å². The Morgan fingerprint density at radius 1 is 1.03 bits per heavy atom. The van der Waals surface area contributed by atoms with E-state index in [-0.39, 0.29) is 29.5 Å². The number of primary sulfonamides is 1. The first kappa shape index (κ1) is 21.5. The van der Waals surface area contributed by atoms with Gasteiger partial charge in [-0.25, -0.2) is 13.6 Å². The summed E-state index contributed by atoms with van der Waals surface area (Å²) in [6.45, 7) is 0.123. The molecule has 1 aliphatic rings.